The van der Waals surface area contributed by atoms with Crippen LogP contribution in [0.1, 0.15) is 33.6 Å². The van der Waals surface area contributed by atoms with Crippen molar-refractivity contribution in [2.45, 2.75) is 45.3 Å². The van der Waals surface area contributed by atoms with Crippen molar-refractivity contribution in [3.8, 4) is 5.75 Å². The number of amides is 2. The van der Waals surface area contributed by atoms with Crippen molar-refractivity contribution in [2.75, 3.05) is 80.6 Å². The maximum atomic E-state index is 12.9. The molecule has 0 saturated carbocycles. The maximum Gasteiger partial charge on any atom is 0.410 e. The van der Waals surface area contributed by atoms with E-state index in [9.17, 15) is 14.2 Å². The molecule has 2 fully saturated rings. The third-order valence-electron chi connectivity index (χ3n) is 8.78. The van der Waals surface area contributed by atoms with Gasteiger partial charge >= 0.3 is 6.09 Å². The quantitative estimate of drug-likeness (QED) is 0.155. The van der Waals surface area contributed by atoms with Crippen molar-refractivity contribution in [3.63, 3.8) is 0 Å². The highest BCUT2D eigenvalue weighted by Gasteiger charge is 2.31. The summed E-state index contributed by atoms with van der Waals surface area (Å²) in [4.78, 5) is 40.6. The topological polar surface area (TPSA) is 141 Å². The van der Waals surface area contributed by atoms with Crippen LogP contribution in [0.3, 0.4) is 0 Å². The van der Waals surface area contributed by atoms with Crippen molar-refractivity contribution < 1.29 is 23.6 Å². The van der Waals surface area contributed by atoms with Gasteiger partial charge in [-0.1, -0.05) is 30.3 Å². The van der Waals surface area contributed by atoms with Gasteiger partial charge in [-0.05, 0) is 71.2 Å². The van der Waals surface area contributed by atoms with Crippen LogP contribution >= 0.6 is 18.7 Å². The number of piperazine rings is 1. The molecule has 3 heterocycles. The zero-order chi connectivity index (χ0) is 36.9. The van der Waals surface area contributed by atoms with Gasteiger partial charge in [0.1, 0.15) is 23.5 Å². The lowest BCUT2D eigenvalue weighted by Gasteiger charge is -2.43. The number of halogens is 1. The van der Waals surface area contributed by atoms with E-state index >= 15 is 0 Å². The largest absolute Gasteiger partial charge is 0.494 e. The summed E-state index contributed by atoms with van der Waals surface area (Å²) in [6.07, 6.45) is 4.29. The molecule has 274 valence electrons. The Balaban J connectivity index is 1.31. The number of anilines is 6. The molecule has 0 unspecified atom stereocenters. The van der Waals surface area contributed by atoms with Crippen LogP contribution in [0.4, 0.5) is 39.3 Å². The van der Waals surface area contributed by atoms with Crippen LogP contribution in [-0.2, 0) is 14.1 Å². The van der Waals surface area contributed by atoms with Gasteiger partial charge in [0.25, 0.3) is 0 Å². The number of nitrogens with zero attached hydrogens (tertiary/aromatic N) is 5. The van der Waals surface area contributed by atoms with E-state index in [0.717, 1.165) is 44.7 Å². The molecule has 0 atom stereocenters. The Bertz CT molecular complexity index is 1800. The van der Waals surface area contributed by atoms with Gasteiger partial charge in [0.2, 0.25) is 11.9 Å². The zero-order valence-corrected chi connectivity index (χ0v) is 31.8. The van der Waals surface area contributed by atoms with Crippen LogP contribution in [0, 0.1) is 0 Å². The molecule has 2 aliphatic rings. The number of carbonyl (C=O) groups is 2. The first kappa shape index (κ1) is 37.9. The summed E-state index contributed by atoms with van der Waals surface area (Å²) in [5, 5.41) is 10.4. The maximum absolute atomic E-state index is 12.9. The molecule has 5 rings (SSSR count). The van der Waals surface area contributed by atoms with Crippen molar-refractivity contribution in [1.82, 2.24) is 19.8 Å². The van der Waals surface area contributed by atoms with E-state index in [-0.39, 0.29) is 23.0 Å². The normalized spacial score (nSPS) is 16.0. The summed E-state index contributed by atoms with van der Waals surface area (Å²) >= 11 is 6.48. The van der Waals surface area contributed by atoms with Gasteiger partial charge < -0.3 is 39.8 Å². The number of hydrogen-bond acceptors (Lipinski definition) is 11. The highest BCUT2D eigenvalue weighted by Crippen LogP contribution is 2.41. The average molecular weight is 739 g/mol. The van der Waals surface area contributed by atoms with Gasteiger partial charge in [-0.2, -0.15) is 4.98 Å². The monoisotopic (exact) mass is 738 g/mol. The Hall–Kier alpha value is -4.32. The first-order valence-electron chi connectivity index (χ1n) is 17.0. The second kappa shape index (κ2) is 15.9. The van der Waals surface area contributed by atoms with E-state index in [4.69, 9.17) is 21.1 Å². The molecule has 3 aromatic rings. The highest BCUT2D eigenvalue weighted by atomic mass is 35.5. The number of carbonyl (C=O) groups excluding carboxylic acids is 2. The van der Waals surface area contributed by atoms with Gasteiger partial charge in [-0.25, -0.2) is 9.78 Å². The van der Waals surface area contributed by atoms with Crippen LogP contribution in [-0.4, -0.2) is 103 Å². The highest BCUT2D eigenvalue weighted by molar-refractivity contribution is 7.70. The fourth-order valence-electron chi connectivity index (χ4n) is 6.26. The van der Waals surface area contributed by atoms with Crippen molar-refractivity contribution in [3.05, 3.63) is 60.3 Å². The fourth-order valence-corrected chi connectivity index (χ4v) is 7.56. The number of ether oxygens (including phenoxy) is 2. The molecule has 2 aromatic carbocycles. The van der Waals surface area contributed by atoms with E-state index in [0.29, 0.717) is 53.1 Å². The number of rotatable bonds is 10. The first-order chi connectivity index (χ1) is 24.1. The summed E-state index contributed by atoms with van der Waals surface area (Å²) in [6.45, 7) is 17.1. The Morgan fingerprint density at radius 2 is 1.69 bits per heavy atom. The lowest BCUT2D eigenvalue weighted by atomic mass is 10.0. The van der Waals surface area contributed by atoms with Crippen LogP contribution in [0.5, 0.6) is 5.75 Å². The minimum Gasteiger partial charge on any atom is -0.494 e. The predicted molar refractivity (Wildman–Crippen MR) is 206 cm³/mol. The van der Waals surface area contributed by atoms with E-state index in [2.05, 4.69) is 42.3 Å². The molecule has 3 N–H and O–H groups in total. The second-order valence-electron chi connectivity index (χ2n) is 14.0. The predicted octanol–water partition coefficient (Wildman–Crippen LogP) is 6.52. The third kappa shape index (κ3) is 9.72. The lowest BCUT2D eigenvalue weighted by molar-refractivity contribution is -0.111. The number of methoxy groups -OCH3 is 1. The van der Waals surface area contributed by atoms with Gasteiger partial charge in [0.05, 0.1) is 36.1 Å². The standard InChI is InChI=1S/C36H48ClN8O5P/c1-8-32(46)39-27-21-28(41-34-38-23-25(37)33(42-34)40-26-11-9-10-12-31(26)51(6,7)48)30(49-5)22-29(27)44-15-13-24(14-16-44)43-17-19-45(20-18-43)35(47)50-36(2,3)4/h8-12,21-24H,1,13-20H2,2-7H3,(H,39,46)(H2,38,40,41,42). The van der Waals surface area contributed by atoms with Gasteiger partial charge in [-0.15, -0.1) is 0 Å². The molecular formula is C36H48ClN8O5P. The van der Waals surface area contributed by atoms with Gasteiger partial charge in [0, 0.05) is 56.7 Å². The summed E-state index contributed by atoms with van der Waals surface area (Å²) in [6, 6.07) is 11.4. The summed E-state index contributed by atoms with van der Waals surface area (Å²) in [7, 11) is -1.01. The molecule has 0 aliphatic carbocycles. The Kier molecular flexibility index (Phi) is 11.8. The second-order valence-corrected chi connectivity index (χ2v) is 17.6. The van der Waals surface area contributed by atoms with Crippen molar-refractivity contribution >= 4 is 70.6 Å². The minimum atomic E-state index is -2.59. The van der Waals surface area contributed by atoms with Gasteiger partial charge in [-0.3, -0.25) is 9.69 Å². The number of para-hydroxylation sites is 1. The van der Waals surface area contributed by atoms with Crippen LogP contribution < -0.4 is 30.9 Å². The Morgan fingerprint density at radius 1 is 1.00 bits per heavy atom. The minimum absolute atomic E-state index is 0.232. The number of nitrogens with one attached hydrogen (secondary N) is 3. The molecule has 13 nitrogen and oxygen atoms in total. The number of benzene rings is 2. The molecule has 15 heteroatoms. The average Bonchev–Trinajstić information content (AvgIpc) is 3.09. The van der Waals surface area contributed by atoms with Crippen LogP contribution in [0.25, 0.3) is 0 Å². The number of piperidine rings is 1. The number of hydrogen-bond donors (Lipinski definition) is 3. The van der Waals surface area contributed by atoms with E-state index < -0.39 is 12.7 Å². The Morgan fingerprint density at radius 3 is 2.31 bits per heavy atom. The Labute approximate surface area is 305 Å². The SMILES string of the molecule is C=CC(=O)Nc1cc(Nc2ncc(Cl)c(Nc3ccccc3P(C)(C)=O)n2)c(OC)cc1N1CCC(N2CCN(C(=O)OC(C)(C)C)CC2)CC1. The number of aromatic nitrogens is 2. The van der Waals surface area contributed by atoms with Gasteiger partial charge in [0.15, 0.2) is 5.82 Å². The molecule has 0 spiro atoms. The first-order valence-corrected chi connectivity index (χ1v) is 20.0. The van der Waals surface area contributed by atoms with Crippen LogP contribution in [0.15, 0.2) is 55.3 Å². The summed E-state index contributed by atoms with van der Waals surface area (Å²) < 4.78 is 24.3. The molecule has 2 saturated heterocycles. The smallest absolute Gasteiger partial charge is 0.410 e. The van der Waals surface area contributed by atoms with E-state index in [1.165, 1.54) is 12.3 Å². The molecule has 2 amide bonds. The van der Waals surface area contributed by atoms with E-state index in [1.54, 1.807) is 31.4 Å². The summed E-state index contributed by atoms with van der Waals surface area (Å²) in [5.74, 6) is 0.746. The molecular weight excluding hydrogens is 691 g/mol. The summed E-state index contributed by atoms with van der Waals surface area (Å²) in [5.41, 5.74) is 2.05. The third-order valence-corrected chi connectivity index (χ3v) is 10.6. The van der Waals surface area contributed by atoms with Crippen molar-refractivity contribution in [2.24, 2.45) is 0 Å². The fraction of sp³-hybridized carbons (Fsp3) is 0.444. The van der Waals surface area contributed by atoms with Crippen molar-refractivity contribution in [1.29, 1.82) is 0 Å². The molecule has 51 heavy (non-hydrogen) atoms. The van der Waals surface area contributed by atoms with Crippen LogP contribution in [0.2, 0.25) is 5.02 Å². The molecule has 0 bridgehead atoms. The lowest BCUT2D eigenvalue weighted by Crippen LogP contribution is -2.55. The molecule has 0 radical (unpaired) electrons. The zero-order valence-electron chi connectivity index (χ0n) is 30.2. The molecule has 1 aromatic heterocycles. The molecule has 2 aliphatic heterocycles. The van der Waals surface area contributed by atoms with E-state index in [1.807, 2.05) is 51.1 Å².